The number of aliphatic hydroxyl groups excluding tert-OH is 4. The smallest absolute Gasteiger partial charge is 0.187 e. The molecule has 0 aromatic heterocycles. The second-order valence-corrected chi connectivity index (χ2v) is 7.87. The number of hydrogen-bond acceptors (Lipinski definition) is 7. The molecule has 0 amide bonds. The molecule has 7 heteroatoms. The summed E-state index contributed by atoms with van der Waals surface area (Å²) < 4.78 is 11.4. The third-order valence-corrected chi connectivity index (χ3v) is 6.13. The summed E-state index contributed by atoms with van der Waals surface area (Å²) in [5.41, 5.74) is -1.13. The van der Waals surface area contributed by atoms with Crippen molar-refractivity contribution in [2.75, 3.05) is 6.61 Å². The van der Waals surface area contributed by atoms with E-state index in [1.165, 1.54) is 0 Å². The molecule has 2 aliphatic carbocycles. The average Bonchev–Trinajstić information content (AvgIpc) is 2.90. The van der Waals surface area contributed by atoms with Gasteiger partial charge in [0.25, 0.3) is 0 Å². The van der Waals surface area contributed by atoms with Gasteiger partial charge in [-0.2, -0.15) is 0 Å². The van der Waals surface area contributed by atoms with Crippen LogP contribution in [0.2, 0.25) is 0 Å². The minimum atomic E-state index is -1.47. The number of hydrogen-bond donors (Lipinski definition) is 4. The van der Waals surface area contributed by atoms with Gasteiger partial charge >= 0.3 is 0 Å². The minimum Gasteiger partial charge on any atom is -0.394 e. The Labute approximate surface area is 135 Å². The van der Waals surface area contributed by atoms with E-state index >= 15 is 0 Å². The molecule has 3 fully saturated rings. The van der Waals surface area contributed by atoms with E-state index in [1.807, 2.05) is 20.8 Å². The molecule has 0 aromatic carbocycles. The van der Waals surface area contributed by atoms with E-state index in [4.69, 9.17) is 9.47 Å². The molecule has 23 heavy (non-hydrogen) atoms. The Morgan fingerprint density at radius 2 is 1.83 bits per heavy atom. The Balaban J connectivity index is 1.81. The highest BCUT2D eigenvalue weighted by Crippen LogP contribution is 2.61. The Kier molecular flexibility index (Phi) is 4.11. The quantitative estimate of drug-likeness (QED) is 0.535. The van der Waals surface area contributed by atoms with Crippen molar-refractivity contribution in [3.63, 3.8) is 0 Å². The lowest BCUT2D eigenvalue weighted by atomic mass is 9.72. The van der Waals surface area contributed by atoms with Crippen LogP contribution >= 0.6 is 0 Å². The predicted molar refractivity (Wildman–Crippen MR) is 78.3 cm³/mol. The largest absolute Gasteiger partial charge is 0.394 e. The Bertz CT molecular complexity index is 491. The molecule has 3 rings (SSSR count). The first kappa shape index (κ1) is 17.3. The first-order chi connectivity index (χ1) is 10.6. The van der Waals surface area contributed by atoms with Crippen molar-refractivity contribution in [2.24, 2.45) is 16.7 Å². The molecule has 3 aliphatic rings. The molecule has 7 nitrogen and oxygen atoms in total. The topological polar surface area (TPSA) is 116 Å². The molecule has 132 valence electrons. The number of aliphatic hydroxyl groups is 4. The van der Waals surface area contributed by atoms with Crippen LogP contribution < -0.4 is 0 Å². The highest BCUT2D eigenvalue weighted by atomic mass is 16.7. The van der Waals surface area contributed by atoms with Crippen LogP contribution in [0.5, 0.6) is 0 Å². The van der Waals surface area contributed by atoms with Crippen LogP contribution in [0.4, 0.5) is 0 Å². The van der Waals surface area contributed by atoms with Gasteiger partial charge in [0.15, 0.2) is 6.29 Å². The van der Waals surface area contributed by atoms with E-state index in [-0.39, 0.29) is 11.7 Å². The molecular weight excluding hydrogens is 304 g/mol. The minimum absolute atomic E-state index is 0.0207. The third kappa shape index (κ3) is 2.29. The van der Waals surface area contributed by atoms with Crippen LogP contribution in [-0.4, -0.2) is 69.6 Å². The summed E-state index contributed by atoms with van der Waals surface area (Å²) in [6.45, 7) is 5.20. The third-order valence-electron chi connectivity index (χ3n) is 6.13. The first-order valence-corrected chi connectivity index (χ1v) is 8.15. The zero-order valence-electron chi connectivity index (χ0n) is 13.7. The van der Waals surface area contributed by atoms with Gasteiger partial charge in [0.2, 0.25) is 0 Å². The Morgan fingerprint density at radius 1 is 1.17 bits per heavy atom. The predicted octanol–water partition coefficient (Wildman–Crippen LogP) is -0.803. The van der Waals surface area contributed by atoms with Crippen LogP contribution in [0.3, 0.4) is 0 Å². The molecule has 0 unspecified atom stereocenters. The van der Waals surface area contributed by atoms with E-state index in [2.05, 4.69) is 0 Å². The molecule has 1 saturated heterocycles. The fraction of sp³-hybridized carbons (Fsp3) is 0.938. The van der Waals surface area contributed by atoms with Gasteiger partial charge in [-0.1, -0.05) is 20.8 Å². The second kappa shape index (κ2) is 5.47. The maximum atomic E-state index is 12.7. The van der Waals surface area contributed by atoms with Crippen LogP contribution in [0.25, 0.3) is 0 Å². The summed E-state index contributed by atoms with van der Waals surface area (Å²) >= 11 is 0. The fourth-order valence-corrected chi connectivity index (χ4v) is 4.65. The SMILES string of the molecule is CC1(C)C(=O)[C@@]2(C)CC[C@@H]1[C@@H]2O[C@@H]1O[C@H](CO)[C@@H](O)[C@H](O)[C@H]1O. The fourth-order valence-electron chi connectivity index (χ4n) is 4.65. The average molecular weight is 330 g/mol. The second-order valence-electron chi connectivity index (χ2n) is 7.87. The Morgan fingerprint density at radius 3 is 2.35 bits per heavy atom. The summed E-state index contributed by atoms with van der Waals surface area (Å²) in [5, 5.41) is 39.1. The van der Waals surface area contributed by atoms with Crippen molar-refractivity contribution in [3.8, 4) is 0 Å². The molecule has 2 saturated carbocycles. The van der Waals surface area contributed by atoms with Crippen LogP contribution in [-0.2, 0) is 14.3 Å². The monoisotopic (exact) mass is 330 g/mol. The van der Waals surface area contributed by atoms with Gasteiger partial charge in [-0.25, -0.2) is 0 Å². The summed E-state index contributed by atoms with van der Waals surface area (Å²) in [6, 6.07) is 0. The lowest BCUT2D eigenvalue weighted by Gasteiger charge is -2.41. The van der Waals surface area contributed by atoms with E-state index in [9.17, 15) is 25.2 Å². The van der Waals surface area contributed by atoms with Crippen molar-refractivity contribution in [1.82, 2.24) is 0 Å². The van der Waals surface area contributed by atoms with Crippen molar-refractivity contribution in [1.29, 1.82) is 0 Å². The summed E-state index contributed by atoms with van der Waals surface area (Å²) in [5.74, 6) is 0.170. The molecule has 4 N–H and O–H groups in total. The first-order valence-electron chi connectivity index (χ1n) is 8.15. The number of ether oxygens (including phenoxy) is 2. The lowest BCUT2D eigenvalue weighted by molar-refractivity contribution is -0.317. The maximum Gasteiger partial charge on any atom is 0.187 e. The van der Waals surface area contributed by atoms with Crippen LogP contribution in [0.1, 0.15) is 33.6 Å². The van der Waals surface area contributed by atoms with Gasteiger partial charge in [-0.15, -0.1) is 0 Å². The van der Waals surface area contributed by atoms with Crippen molar-refractivity contribution in [3.05, 3.63) is 0 Å². The van der Waals surface area contributed by atoms with Gasteiger partial charge in [0.1, 0.15) is 30.2 Å². The molecule has 1 aliphatic heterocycles. The Hall–Kier alpha value is -0.570. The number of rotatable bonds is 3. The molecular formula is C16H26O7. The number of carbonyl (C=O) groups is 1. The van der Waals surface area contributed by atoms with Crippen molar-refractivity contribution >= 4 is 5.78 Å². The molecule has 1 heterocycles. The zero-order valence-corrected chi connectivity index (χ0v) is 13.7. The molecule has 0 radical (unpaired) electrons. The molecule has 2 bridgehead atoms. The van der Waals surface area contributed by atoms with E-state index in [0.29, 0.717) is 0 Å². The zero-order chi connectivity index (χ0) is 17.2. The van der Waals surface area contributed by atoms with Crippen molar-refractivity contribution in [2.45, 2.75) is 70.4 Å². The van der Waals surface area contributed by atoms with Crippen LogP contribution in [0.15, 0.2) is 0 Å². The number of fused-ring (bicyclic) bond motifs is 2. The van der Waals surface area contributed by atoms with E-state index < -0.39 is 54.2 Å². The van der Waals surface area contributed by atoms with Gasteiger partial charge in [0.05, 0.1) is 18.1 Å². The van der Waals surface area contributed by atoms with Gasteiger partial charge in [0, 0.05) is 5.41 Å². The highest BCUT2D eigenvalue weighted by molar-refractivity contribution is 5.94. The molecule has 0 aromatic rings. The van der Waals surface area contributed by atoms with Gasteiger partial charge in [-0.05, 0) is 18.8 Å². The van der Waals surface area contributed by atoms with E-state index in [1.54, 1.807) is 0 Å². The number of carbonyl (C=O) groups excluding carboxylic acids is 1. The van der Waals surface area contributed by atoms with E-state index in [0.717, 1.165) is 12.8 Å². The standard InChI is InChI=1S/C16H26O7/c1-15(2)7-4-5-16(3,14(15)21)12(7)23-13-11(20)10(19)9(18)8(6-17)22-13/h7-13,17-20H,4-6H2,1-3H3/t7-,8-,9-,10+,11-,12+,13+,16+/m1/s1. The molecule has 0 spiro atoms. The van der Waals surface area contributed by atoms with Crippen LogP contribution in [0, 0.1) is 16.7 Å². The van der Waals surface area contributed by atoms with Gasteiger partial charge < -0.3 is 29.9 Å². The normalized spacial score (nSPS) is 52.1. The lowest BCUT2D eigenvalue weighted by Crippen LogP contribution is -2.60. The number of ketones is 1. The highest BCUT2D eigenvalue weighted by Gasteiger charge is 2.67. The number of Topliss-reactive ketones (excluding diaryl/α,β-unsaturated/α-hetero) is 1. The summed E-state index contributed by atoms with van der Waals surface area (Å²) in [7, 11) is 0. The van der Waals surface area contributed by atoms with Gasteiger partial charge in [-0.3, -0.25) is 4.79 Å². The maximum absolute atomic E-state index is 12.7. The summed E-state index contributed by atoms with van der Waals surface area (Å²) in [6.07, 6.45) is -5.34. The summed E-state index contributed by atoms with van der Waals surface area (Å²) in [4.78, 5) is 12.7. The molecule has 8 atom stereocenters. The van der Waals surface area contributed by atoms with Crippen molar-refractivity contribution < 1.29 is 34.7 Å².